The summed E-state index contributed by atoms with van der Waals surface area (Å²) in [4.78, 5) is 36.4. The molecule has 0 atom stereocenters. The first-order valence-electron chi connectivity index (χ1n) is 9.49. The molecule has 0 fully saturated rings. The maximum Gasteiger partial charge on any atom is 0.411 e. The second-order valence-electron chi connectivity index (χ2n) is 6.92. The van der Waals surface area contributed by atoms with E-state index in [0.29, 0.717) is 23.5 Å². The molecule has 0 unspecified atom stereocenters. The van der Waals surface area contributed by atoms with E-state index in [1.54, 1.807) is 18.2 Å². The average Bonchev–Trinajstić information content (AvgIpc) is 3.12. The molecular formula is C23H18ClN3O4. The van der Waals surface area contributed by atoms with Crippen molar-refractivity contribution in [1.29, 1.82) is 0 Å². The van der Waals surface area contributed by atoms with Crippen LogP contribution in [0, 0.1) is 0 Å². The van der Waals surface area contributed by atoms with E-state index in [1.807, 2.05) is 30.3 Å². The summed E-state index contributed by atoms with van der Waals surface area (Å²) in [7, 11) is 0. The van der Waals surface area contributed by atoms with E-state index in [4.69, 9.17) is 16.3 Å². The summed E-state index contributed by atoms with van der Waals surface area (Å²) in [6, 6.07) is 18.9. The fraction of sp³-hybridized carbons (Fsp3) is 0.0870. The van der Waals surface area contributed by atoms with Crippen molar-refractivity contribution in [3.05, 3.63) is 94.0 Å². The zero-order valence-corrected chi connectivity index (χ0v) is 17.0. The van der Waals surface area contributed by atoms with Crippen molar-refractivity contribution < 1.29 is 19.1 Å². The monoisotopic (exact) mass is 435 g/mol. The molecule has 3 amide bonds. The molecular weight excluding hydrogens is 418 g/mol. The predicted octanol–water partition coefficient (Wildman–Crippen LogP) is 4.58. The lowest BCUT2D eigenvalue weighted by molar-refractivity contribution is 0.0964. The van der Waals surface area contributed by atoms with Gasteiger partial charge in [-0.3, -0.25) is 14.9 Å². The maximum atomic E-state index is 12.7. The molecule has 1 heterocycles. The molecule has 31 heavy (non-hydrogen) atoms. The van der Waals surface area contributed by atoms with Crippen molar-refractivity contribution in [3.8, 4) is 0 Å². The predicted molar refractivity (Wildman–Crippen MR) is 117 cm³/mol. The van der Waals surface area contributed by atoms with Gasteiger partial charge in [0.25, 0.3) is 11.8 Å². The second kappa shape index (κ2) is 8.89. The molecule has 1 aliphatic heterocycles. The number of hydrogen-bond acceptors (Lipinski definition) is 4. The fourth-order valence-corrected chi connectivity index (χ4v) is 3.42. The molecule has 3 N–H and O–H groups in total. The van der Waals surface area contributed by atoms with Gasteiger partial charge in [-0.2, -0.15) is 0 Å². The minimum atomic E-state index is -0.659. The third-order valence-corrected chi connectivity index (χ3v) is 4.88. The number of benzene rings is 3. The quantitative estimate of drug-likeness (QED) is 0.546. The SMILES string of the molecule is O=C(Nc1cc(Cl)cc(C(=O)Nc2ccc3c(c2)CNC3=O)c1)OCc1ccccc1. The molecule has 7 nitrogen and oxygen atoms in total. The number of anilines is 2. The summed E-state index contributed by atoms with van der Waals surface area (Å²) < 4.78 is 5.19. The summed E-state index contributed by atoms with van der Waals surface area (Å²) in [6.07, 6.45) is -0.659. The highest BCUT2D eigenvalue weighted by Gasteiger charge is 2.19. The Kier molecular flexibility index (Phi) is 5.86. The third-order valence-electron chi connectivity index (χ3n) is 4.67. The third kappa shape index (κ3) is 5.02. The van der Waals surface area contributed by atoms with E-state index in [2.05, 4.69) is 16.0 Å². The van der Waals surface area contributed by atoms with Gasteiger partial charge in [-0.05, 0) is 47.5 Å². The molecule has 3 aromatic carbocycles. The Labute approximate surface area is 183 Å². The van der Waals surface area contributed by atoms with Crippen LogP contribution in [0.15, 0.2) is 66.7 Å². The highest BCUT2D eigenvalue weighted by molar-refractivity contribution is 6.31. The molecule has 0 spiro atoms. The van der Waals surface area contributed by atoms with Crippen molar-refractivity contribution in [3.63, 3.8) is 0 Å². The first kappa shape index (κ1) is 20.4. The number of hydrogen-bond donors (Lipinski definition) is 3. The highest BCUT2D eigenvalue weighted by atomic mass is 35.5. The standard InChI is InChI=1S/C23H18ClN3O4/c24-17-8-15(21(28)26-18-6-7-20-16(10-18)12-25-22(20)29)9-19(11-17)27-23(30)31-13-14-4-2-1-3-5-14/h1-11H,12-13H2,(H,25,29)(H,26,28)(H,27,30). The number of fused-ring (bicyclic) bond motifs is 1. The zero-order valence-electron chi connectivity index (χ0n) is 16.3. The van der Waals surface area contributed by atoms with Gasteiger partial charge in [0.05, 0.1) is 0 Å². The molecule has 0 bridgehead atoms. The van der Waals surface area contributed by atoms with E-state index in [0.717, 1.165) is 11.1 Å². The van der Waals surface area contributed by atoms with Gasteiger partial charge < -0.3 is 15.4 Å². The zero-order chi connectivity index (χ0) is 21.8. The van der Waals surface area contributed by atoms with Crippen LogP contribution in [-0.4, -0.2) is 17.9 Å². The number of carbonyl (C=O) groups is 3. The number of halogens is 1. The van der Waals surface area contributed by atoms with Crippen LogP contribution in [-0.2, 0) is 17.9 Å². The van der Waals surface area contributed by atoms with E-state index in [9.17, 15) is 14.4 Å². The fourth-order valence-electron chi connectivity index (χ4n) is 3.18. The van der Waals surface area contributed by atoms with Crippen LogP contribution in [0.2, 0.25) is 5.02 Å². The Morgan fingerprint density at radius 1 is 0.968 bits per heavy atom. The molecule has 8 heteroatoms. The summed E-state index contributed by atoms with van der Waals surface area (Å²) in [5.41, 5.74) is 3.42. The number of carbonyl (C=O) groups excluding carboxylic acids is 3. The van der Waals surface area contributed by atoms with E-state index >= 15 is 0 Å². The summed E-state index contributed by atoms with van der Waals surface area (Å²) >= 11 is 6.13. The normalized spacial score (nSPS) is 12.0. The second-order valence-corrected chi connectivity index (χ2v) is 7.36. The Hall–Kier alpha value is -3.84. The van der Waals surface area contributed by atoms with Gasteiger partial charge in [0, 0.05) is 34.1 Å². The van der Waals surface area contributed by atoms with E-state index in [-0.39, 0.29) is 23.1 Å². The van der Waals surface area contributed by atoms with Gasteiger partial charge in [0.2, 0.25) is 0 Å². The van der Waals surface area contributed by atoms with Crippen molar-refractivity contribution in [2.24, 2.45) is 0 Å². The van der Waals surface area contributed by atoms with Gasteiger partial charge in [-0.15, -0.1) is 0 Å². The summed E-state index contributed by atoms with van der Waals surface area (Å²) in [5.74, 6) is -0.530. The van der Waals surface area contributed by atoms with Gasteiger partial charge >= 0.3 is 6.09 Å². The van der Waals surface area contributed by atoms with Crippen LogP contribution >= 0.6 is 11.6 Å². The molecule has 4 rings (SSSR count). The topological polar surface area (TPSA) is 96.5 Å². The molecule has 0 saturated carbocycles. The van der Waals surface area contributed by atoms with Crippen LogP contribution < -0.4 is 16.0 Å². The van der Waals surface area contributed by atoms with Crippen molar-refractivity contribution in [2.75, 3.05) is 10.6 Å². The van der Waals surface area contributed by atoms with Gasteiger partial charge in [-0.25, -0.2) is 4.79 Å². The number of nitrogens with one attached hydrogen (secondary N) is 3. The van der Waals surface area contributed by atoms with Crippen molar-refractivity contribution in [1.82, 2.24) is 5.32 Å². The lowest BCUT2D eigenvalue weighted by Crippen LogP contribution is -2.15. The largest absolute Gasteiger partial charge is 0.444 e. The number of ether oxygens (including phenoxy) is 1. The Bertz CT molecular complexity index is 1160. The molecule has 1 aliphatic rings. The molecule has 0 radical (unpaired) electrons. The van der Waals surface area contributed by atoms with Crippen molar-refractivity contribution in [2.45, 2.75) is 13.2 Å². The number of amides is 3. The van der Waals surface area contributed by atoms with Crippen LogP contribution in [0.3, 0.4) is 0 Å². The van der Waals surface area contributed by atoms with Crippen LogP contribution in [0.25, 0.3) is 0 Å². The van der Waals surface area contributed by atoms with Gasteiger partial charge in [0.1, 0.15) is 6.61 Å². The molecule has 0 aliphatic carbocycles. The van der Waals surface area contributed by atoms with Crippen LogP contribution in [0.1, 0.15) is 31.8 Å². The first-order valence-corrected chi connectivity index (χ1v) is 9.86. The van der Waals surface area contributed by atoms with E-state index < -0.39 is 12.0 Å². The van der Waals surface area contributed by atoms with Crippen LogP contribution in [0.4, 0.5) is 16.2 Å². The molecule has 0 aromatic heterocycles. The number of rotatable bonds is 5. The molecule has 156 valence electrons. The van der Waals surface area contributed by atoms with Crippen molar-refractivity contribution >= 4 is 40.9 Å². The molecule has 3 aromatic rings. The van der Waals surface area contributed by atoms with E-state index in [1.165, 1.54) is 18.2 Å². The smallest absolute Gasteiger partial charge is 0.411 e. The minimum Gasteiger partial charge on any atom is -0.444 e. The van der Waals surface area contributed by atoms with Gasteiger partial charge in [-0.1, -0.05) is 41.9 Å². The Morgan fingerprint density at radius 2 is 1.77 bits per heavy atom. The maximum absolute atomic E-state index is 12.7. The van der Waals surface area contributed by atoms with Crippen LogP contribution in [0.5, 0.6) is 0 Å². The molecule has 0 saturated heterocycles. The highest BCUT2D eigenvalue weighted by Crippen LogP contribution is 2.23. The Morgan fingerprint density at radius 3 is 2.58 bits per heavy atom. The Balaban J connectivity index is 1.41. The first-order chi connectivity index (χ1) is 15.0. The van der Waals surface area contributed by atoms with Gasteiger partial charge in [0.15, 0.2) is 0 Å². The summed E-state index contributed by atoms with van der Waals surface area (Å²) in [5, 5.41) is 8.37. The minimum absolute atomic E-state index is 0.121. The lowest BCUT2D eigenvalue weighted by Gasteiger charge is -2.10. The lowest BCUT2D eigenvalue weighted by atomic mass is 10.1. The average molecular weight is 436 g/mol. The summed E-state index contributed by atoms with van der Waals surface area (Å²) in [6.45, 7) is 0.546.